The van der Waals surface area contributed by atoms with E-state index in [0.29, 0.717) is 21.4 Å². The fourth-order valence-corrected chi connectivity index (χ4v) is 6.59. The number of anilines is 2. The van der Waals surface area contributed by atoms with Crippen LogP contribution >= 0.6 is 34.7 Å². The van der Waals surface area contributed by atoms with E-state index < -0.39 is 17.1 Å². The third-order valence-corrected chi connectivity index (χ3v) is 9.65. The molecule has 10 heteroatoms. The van der Waals surface area contributed by atoms with Crippen LogP contribution in [0.25, 0.3) is 28.5 Å². The molecule has 0 fully saturated rings. The first-order chi connectivity index (χ1) is 24.3. The van der Waals surface area contributed by atoms with Gasteiger partial charge in [0.15, 0.2) is 5.13 Å². The lowest BCUT2D eigenvalue weighted by Crippen LogP contribution is -2.30. The standard InChI is InChI=1S/C40H31ClN4O3S2/c1-26(37(46)45-40-44-36(25-49-40)30-16-18-32(41)19-17-30)50-34-22-20-33(21-23-34)42-39(48)35(43-38(47)31-10-6-3-7-11-31)24-27-12-14-29(15-13-27)28-8-4-2-5-9-28/h2-26H,1H3,(H,42,48)(H,43,47)(H,44,45,46)/b35-24-. The Morgan fingerprint density at radius 2 is 1.36 bits per heavy atom. The maximum atomic E-state index is 13.5. The molecular weight excluding hydrogens is 684 g/mol. The minimum atomic E-state index is -0.476. The molecule has 1 atom stereocenters. The molecule has 0 bridgehead atoms. The molecule has 7 nitrogen and oxygen atoms in total. The average molecular weight is 715 g/mol. The minimum absolute atomic E-state index is 0.0939. The molecule has 0 aliphatic carbocycles. The van der Waals surface area contributed by atoms with Crippen LogP contribution in [0.4, 0.5) is 10.8 Å². The number of benzene rings is 5. The van der Waals surface area contributed by atoms with Gasteiger partial charge in [-0.2, -0.15) is 0 Å². The number of thiazole rings is 1. The molecule has 6 aromatic rings. The zero-order chi connectivity index (χ0) is 34.9. The van der Waals surface area contributed by atoms with Crippen molar-refractivity contribution in [3.05, 3.63) is 161 Å². The molecule has 5 aromatic carbocycles. The molecule has 3 amide bonds. The van der Waals surface area contributed by atoms with Gasteiger partial charge in [0.1, 0.15) is 5.70 Å². The number of aromatic nitrogens is 1. The molecule has 248 valence electrons. The first-order valence-electron chi connectivity index (χ1n) is 15.6. The van der Waals surface area contributed by atoms with Crippen LogP contribution in [0, 0.1) is 0 Å². The molecular formula is C40H31ClN4O3S2. The first kappa shape index (κ1) is 34.4. The summed E-state index contributed by atoms with van der Waals surface area (Å²) in [5.74, 6) is -1.05. The third-order valence-electron chi connectivity index (χ3n) is 7.53. The van der Waals surface area contributed by atoms with Crippen LogP contribution in [-0.4, -0.2) is 28.0 Å². The Morgan fingerprint density at radius 1 is 0.740 bits per heavy atom. The Bertz CT molecular complexity index is 2120. The van der Waals surface area contributed by atoms with Crippen LogP contribution < -0.4 is 16.0 Å². The smallest absolute Gasteiger partial charge is 0.272 e. The number of hydrogen-bond acceptors (Lipinski definition) is 6. The monoisotopic (exact) mass is 714 g/mol. The van der Waals surface area contributed by atoms with E-state index in [0.717, 1.165) is 32.8 Å². The van der Waals surface area contributed by atoms with Crippen LogP contribution in [0.15, 0.2) is 149 Å². The summed E-state index contributed by atoms with van der Waals surface area (Å²) in [5, 5.41) is 11.2. The van der Waals surface area contributed by atoms with Crippen LogP contribution in [0.1, 0.15) is 22.8 Å². The lowest BCUT2D eigenvalue weighted by atomic mass is 10.0. The highest BCUT2D eigenvalue weighted by molar-refractivity contribution is 8.00. The van der Waals surface area contributed by atoms with Crippen molar-refractivity contribution in [2.75, 3.05) is 10.6 Å². The minimum Gasteiger partial charge on any atom is -0.321 e. The zero-order valence-corrected chi connectivity index (χ0v) is 29.2. The number of carbonyl (C=O) groups excluding carboxylic acids is 3. The predicted octanol–water partition coefficient (Wildman–Crippen LogP) is 9.66. The van der Waals surface area contributed by atoms with Crippen LogP contribution in [0.3, 0.4) is 0 Å². The highest BCUT2D eigenvalue weighted by Gasteiger charge is 2.18. The quantitative estimate of drug-likeness (QED) is 0.0917. The second kappa shape index (κ2) is 16.3. The summed E-state index contributed by atoms with van der Waals surface area (Å²) >= 11 is 8.73. The van der Waals surface area contributed by atoms with E-state index in [1.54, 1.807) is 54.6 Å². The Labute approximate surface area is 303 Å². The van der Waals surface area contributed by atoms with E-state index in [1.165, 1.54) is 23.1 Å². The molecule has 0 spiro atoms. The van der Waals surface area contributed by atoms with E-state index >= 15 is 0 Å². The average Bonchev–Trinajstić information content (AvgIpc) is 3.61. The highest BCUT2D eigenvalue weighted by Crippen LogP contribution is 2.29. The summed E-state index contributed by atoms with van der Waals surface area (Å²) in [6, 6.07) is 41.0. The SMILES string of the molecule is CC(Sc1ccc(NC(=O)/C(=C/c2ccc(-c3ccccc3)cc2)NC(=O)c2ccccc2)cc1)C(=O)Nc1nc(-c2ccc(Cl)cc2)cs1. The summed E-state index contributed by atoms with van der Waals surface area (Å²) in [4.78, 5) is 44.9. The molecule has 3 N–H and O–H groups in total. The molecule has 1 unspecified atom stereocenters. The van der Waals surface area contributed by atoms with Gasteiger partial charge < -0.3 is 16.0 Å². The van der Waals surface area contributed by atoms with E-state index in [2.05, 4.69) is 20.9 Å². The van der Waals surface area contributed by atoms with E-state index in [4.69, 9.17) is 11.6 Å². The van der Waals surface area contributed by atoms with Gasteiger partial charge in [0, 0.05) is 32.1 Å². The van der Waals surface area contributed by atoms with Crippen molar-refractivity contribution in [2.24, 2.45) is 0 Å². The lowest BCUT2D eigenvalue weighted by Gasteiger charge is -2.13. The van der Waals surface area contributed by atoms with Gasteiger partial charge in [-0.15, -0.1) is 23.1 Å². The van der Waals surface area contributed by atoms with Gasteiger partial charge >= 0.3 is 0 Å². The number of carbonyl (C=O) groups is 3. The number of amides is 3. The van der Waals surface area contributed by atoms with Crippen molar-refractivity contribution in [3.8, 4) is 22.4 Å². The van der Waals surface area contributed by atoms with Gasteiger partial charge in [-0.05, 0) is 78.2 Å². The molecule has 0 saturated heterocycles. The fraction of sp³-hybridized carbons (Fsp3) is 0.0500. The summed E-state index contributed by atoms with van der Waals surface area (Å²) in [5.41, 5.74) is 5.61. The Hall–Kier alpha value is -5.48. The molecule has 1 aromatic heterocycles. The van der Waals surface area contributed by atoms with Crippen molar-refractivity contribution >= 4 is 69.3 Å². The molecule has 0 aliphatic heterocycles. The summed E-state index contributed by atoms with van der Waals surface area (Å²) in [7, 11) is 0. The van der Waals surface area contributed by atoms with E-state index in [9.17, 15) is 14.4 Å². The summed E-state index contributed by atoms with van der Waals surface area (Å²) in [6.07, 6.45) is 1.65. The second-order valence-corrected chi connectivity index (χ2v) is 13.8. The lowest BCUT2D eigenvalue weighted by molar-refractivity contribution is -0.115. The molecule has 0 saturated carbocycles. The summed E-state index contributed by atoms with van der Waals surface area (Å²) in [6.45, 7) is 1.82. The van der Waals surface area contributed by atoms with E-state index in [1.807, 2.05) is 97.2 Å². The maximum Gasteiger partial charge on any atom is 0.272 e. The van der Waals surface area contributed by atoms with Crippen molar-refractivity contribution in [3.63, 3.8) is 0 Å². The number of nitrogens with one attached hydrogen (secondary N) is 3. The third kappa shape index (κ3) is 9.15. The van der Waals surface area contributed by atoms with Gasteiger partial charge in [0.2, 0.25) is 5.91 Å². The number of hydrogen-bond donors (Lipinski definition) is 3. The number of halogens is 1. The van der Waals surface area contributed by atoms with Crippen molar-refractivity contribution in [2.45, 2.75) is 17.1 Å². The van der Waals surface area contributed by atoms with E-state index in [-0.39, 0.29) is 11.6 Å². The van der Waals surface area contributed by atoms with Crippen LogP contribution in [0.2, 0.25) is 5.02 Å². The van der Waals surface area contributed by atoms with Gasteiger partial charge in [-0.3, -0.25) is 14.4 Å². The first-order valence-corrected chi connectivity index (χ1v) is 17.8. The van der Waals surface area contributed by atoms with Crippen LogP contribution in [0.5, 0.6) is 0 Å². The van der Waals surface area contributed by atoms with Crippen molar-refractivity contribution in [1.82, 2.24) is 10.3 Å². The van der Waals surface area contributed by atoms with Gasteiger partial charge in [0.25, 0.3) is 11.8 Å². The predicted molar refractivity (Wildman–Crippen MR) is 205 cm³/mol. The normalized spacial score (nSPS) is 11.8. The Balaban J connectivity index is 1.10. The van der Waals surface area contributed by atoms with Gasteiger partial charge in [0.05, 0.1) is 10.9 Å². The molecule has 50 heavy (non-hydrogen) atoms. The van der Waals surface area contributed by atoms with Crippen LogP contribution in [-0.2, 0) is 9.59 Å². The Morgan fingerprint density at radius 3 is 2.04 bits per heavy atom. The van der Waals surface area contributed by atoms with Gasteiger partial charge in [-0.1, -0.05) is 96.5 Å². The summed E-state index contributed by atoms with van der Waals surface area (Å²) < 4.78 is 0. The Kier molecular flexibility index (Phi) is 11.2. The number of thioether (sulfide) groups is 1. The molecule has 0 radical (unpaired) electrons. The molecule has 1 heterocycles. The zero-order valence-electron chi connectivity index (χ0n) is 26.8. The maximum absolute atomic E-state index is 13.5. The second-order valence-electron chi connectivity index (χ2n) is 11.1. The highest BCUT2D eigenvalue weighted by atomic mass is 35.5. The van der Waals surface area contributed by atoms with Gasteiger partial charge in [-0.25, -0.2) is 4.98 Å². The largest absolute Gasteiger partial charge is 0.321 e. The van der Waals surface area contributed by atoms with Crippen molar-refractivity contribution in [1.29, 1.82) is 0 Å². The topological polar surface area (TPSA) is 100 Å². The number of rotatable bonds is 11. The number of nitrogens with zero attached hydrogens (tertiary/aromatic N) is 1. The molecule has 0 aliphatic rings. The van der Waals surface area contributed by atoms with Crippen molar-refractivity contribution < 1.29 is 14.4 Å². The fourth-order valence-electron chi connectivity index (χ4n) is 4.88. The molecule has 6 rings (SSSR count).